The second kappa shape index (κ2) is 8.33. The second-order valence-corrected chi connectivity index (χ2v) is 5.62. The monoisotopic (exact) mass is 335 g/mol. The third kappa shape index (κ3) is 5.41. The van der Waals surface area contributed by atoms with Crippen LogP contribution in [0, 0.1) is 0 Å². The van der Waals surface area contributed by atoms with Crippen molar-refractivity contribution in [2.24, 2.45) is 5.73 Å². The Labute approximate surface area is 140 Å². The fourth-order valence-electron chi connectivity index (χ4n) is 2.31. The van der Waals surface area contributed by atoms with E-state index in [2.05, 4.69) is 10.6 Å². The summed E-state index contributed by atoms with van der Waals surface area (Å²) in [5.41, 5.74) is 6.28. The Kier molecular flexibility index (Phi) is 6.16. The van der Waals surface area contributed by atoms with Gasteiger partial charge in [-0.1, -0.05) is 18.2 Å². The standard InChI is InChI=1S/C15H21N5O2S/c16-14(23)20-10-8-19(9-11-20)13(21)6-7-17-15(22)18-12-4-2-1-3-5-12/h1-5H,6-11H2,(H2,16,23)(H2,17,18,22). The highest BCUT2D eigenvalue weighted by Gasteiger charge is 2.21. The van der Waals surface area contributed by atoms with Gasteiger partial charge in [-0.25, -0.2) is 4.79 Å². The first-order valence-electron chi connectivity index (χ1n) is 7.48. The number of rotatable bonds is 4. The summed E-state index contributed by atoms with van der Waals surface area (Å²) >= 11 is 4.92. The molecule has 4 N–H and O–H groups in total. The summed E-state index contributed by atoms with van der Waals surface area (Å²) in [7, 11) is 0. The normalized spacial score (nSPS) is 14.3. The number of hydrogen-bond acceptors (Lipinski definition) is 3. The van der Waals surface area contributed by atoms with Gasteiger partial charge >= 0.3 is 6.03 Å². The minimum Gasteiger partial charge on any atom is -0.376 e. The van der Waals surface area contributed by atoms with Crippen molar-refractivity contribution in [1.82, 2.24) is 15.1 Å². The molecule has 0 atom stereocenters. The van der Waals surface area contributed by atoms with Crippen molar-refractivity contribution >= 4 is 35.0 Å². The van der Waals surface area contributed by atoms with E-state index < -0.39 is 0 Å². The Bertz CT molecular complexity index is 558. The van der Waals surface area contributed by atoms with Crippen LogP contribution >= 0.6 is 12.2 Å². The lowest BCUT2D eigenvalue weighted by molar-refractivity contribution is -0.132. The van der Waals surface area contributed by atoms with Crippen molar-refractivity contribution in [3.8, 4) is 0 Å². The molecule has 1 aliphatic heterocycles. The van der Waals surface area contributed by atoms with Gasteiger partial charge in [0.2, 0.25) is 5.91 Å². The number of carbonyl (C=O) groups is 2. The molecule has 7 nitrogen and oxygen atoms in total. The van der Waals surface area contributed by atoms with Crippen LogP contribution in [0.4, 0.5) is 10.5 Å². The number of nitrogens with one attached hydrogen (secondary N) is 2. The third-order valence-electron chi connectivity index (χ3n) is 3.60. The van der Waals surface area contributed by atoms with Crippen molar-refractivity contribution < 1.29 is 9.59 Å². The molecule has 0 unspecified atom stereocenters. The van der Waals surface area contributed by atoms with Crippen molar-refractivity contribution in [3.63, 3.8) is 0 Å². The minimum absolute atomic E-state index is 0.0209. The number of carbonyl (C=O) groups excluding carboxylic acids is 2. The molecular formula is C15H21N5O2S. The lowest BCUT2D eigenvalue weighted by Gasteiger charge is -2.35. The van der Waals surface area contributed by atoms with Gasteiger partial charge in [0.25, 0.3) is 0 Å². The summed E-state index contributed by atoms with van der Waals surface area (Å²) in [5.74, 6) is 0.0209. The molecule has 23 heavy (non-hydrogen) atoms. The fraction of sp³-hybridized carbons (Fsp3) is 0.400. The van der Waals surface area contributed by atoms with Crippen LogP contribution in [0.5, 0.6) is 0 Å². The summed E-state index contributed by atoms with van der Waals surface area (Å²) in [6.07, 6.45) is 0.273. The molecule has 0 aromatic heterocycles. The van der Waals surface area contributed by atoms with Gasteiger partial charge in [-0.05, 0) is 24.4 Å². The molecular weight excluding hydrogens is 314 g/mol. The summed E-state index contributed by atoms with van der Waals surface area (Å²) < 4.78 is 0. The van der Waals surface area contributed by atoms with E-state index >= 15 is 0 Å². The molecule has 0 spiro atoms. The van der Waals surface area contributed by atoms with Crippen LogP contribution in [0.3, 0.4) is 0 Å². The van der Waals surface area contributed by atoms with Gasteiger partial charge in [0.15, 0.2) is 5.11 Å². The first kappa shape index (κ1) is 17.0. The Hall–Kier alpha value is -2.35. The van der Waals surface area contributed by atoms with Crippen LogP contribution in [0.15, 0.2) is 30.3 Å². The highest BCUT2D eigenvalue weighted by atomic mass is 32.1. The molecule has 1 aliphatic rings. The topological polar surface area (TPSA) is 90.7 Å². The zero-order chi connectivity index (χ0) is 16.7. The Morgan fingerprint density at radius 2 is 1.70 bits per heavy atom. The summed E-state index contributed by atoms with van der Waals surface area (Å²) in [6.45, 7) is 2.82. The van der Waals surface area contributed by atoms with Crippen LogP contribution in [0.2, 0.25) is 0 Å². The van der Waals surface area contributed by atoms with Crippen LogP contribution < -0.4 is 16.4 Å². The first-order valence-corrected chi connectivity index (χ1v) is 7.89. The van der Waals surface area contributed by atoms with E-state index in [4.69, 9.17) is 18.0 Å². The molecule has 1 saturated heterocycles. The van der Waals surface area contributed by atoms with E-state index in [0.717, 1.165) is 0 Å². The van der Waals surface area contributed by atoms with Gasteiger partial charge in [0.05, 0.1) is 0 Å². The van der Waals surface area contributed by atoms with Crippen LogP contribution in [-0.2, 0) is 4.79 Å². The fourth-order valence-corrected chi connectivity index (χ4v) is 2.50. The van der Waals surface area contributed by atoms with Crippen molar-refractivity contribution in [3.05, 3.63) is 30.3 Å². The molecule has 1 heterocycles. The maximum atomic E-state index is 12.1. The SMILES string of the molecule is NC(=S)N1CCN(C(=O)CCNC(=O)Nc2ccccc2)CC1. The maximum Gasteiger partial charge on any atom is 0.319 e. The van der Waals surface area contributed by atoms with Gasteiger partial charge in [-0.2, -0.15) is 0 Å². The van der Waals surface area contributed by atoms with E-state index in [1.165, 1.54) is 0 Å². The number of piperazine rings is 1. The smallest absolute Gasteiger partial charge is 0.319 e. The van der Waals surface area contributed by atoms with Gasteiger partial charge in [0.1, 0.15) is 0 Å². The van der Waals surface area contributed by atoms with E-state index in [0.29, 0.717) is 43.5 Å². The summed E-state index contributed by atoms with van der Waals surface area (Å²) in [4.78, 5) is 27.4. The van der Waals surface area contributed by atoms with E-state index in [1.807, 2.05) is 23.1 Å². The molecule has 0 saturated carbocycles. The molecule has 8 heteroatoms. The predicted octanol–water partition coefficient (Wildman–Crippen LogP) is 0.586. The largest absolute Gasteiger partial charge is 0.376 e. The summed E-state index contributed by atoms with van der Waals surface area (Å²) in [5, 5.41) is 5.75. The van der Waals surface area contributed by atoms with Crippen LogP contribution in [0.25, 0.3) is 0 Å². The van der Waals surface area contributed by atoms with Crippen LogP contribution in [0.1, 0.15) is 6.42 Å². The third-order valence-corrected chi connectivity index (χ3v) is 3.86. The number of anilines is 1. The number of nitrogens with zero attached hydrogens (tertiary/aromatic N) is 2. The molecule has 0 bridgehead atoms. The number of urea groups is 1. The second-order valence-electron chi connectivity index (χ2n) is 5.20. The molecule has 0 aliphatic carbocycles. The molecule has 2 rings (SSSR count). The molecule has 1 fully saturated rings. The van der Waals surface area contributed by atoms with Gasteiger partial charge in [-0.15, -0.1) is 0 Å². The van der Waals surface area contributed by atoms with Crippen LogP contribution in [-0.4, -0.2) is 59.6 Å². The first-order chi connectivity index (χ1) is 11.1. The van der Waals surface area contributed by atoms with Crippen molar-refractivity contribution in [2.75, 3.05) is 38.0 Å². The average Bonchev–Trinajstić information content (AvgIpc) is 2.55. The van der Waals surface area contributed by atoms with E-state index in [-0.39, 0.29) is 18.4 Å². The molecule has 3 amide bonds. The Morgan fingerprint density at radius 3 is 2.30 bits per heavy atom. The number of nitrogens with two attached hydrogens (primary N) is 1. The molecule has 124 valence electrons. The lowest BCUT2D eigenvalue weighted by Crippen LogP contribution is -2.52. The molecule has 1 aromatic rings. The quantitative estimate of drug-likeness (QED) is 0.701. The maximum absolute atomic E-state index is 12.1. The Balaban J connectivity index is 1.65. The zero-order valence-corrected chi connectivity index (χ0v) is 13.6. The zero-order valence-electron chi connectivity index (χ0n) is 12.8. The highest BCUT2D eigenvalue weighted by Crippen LogP contribution is 2.05. The lowest BCUT2D eigenvalue weighted by atomic mass is 10.3. The number of para-hydroxylation sites is 1. The van der Waals surface area contributed by atoms with E-state index in [1.54, 1.807) is 17.0 Å². The van der Waals surface area contributed by atoms with Gasteiger partial charge < -0.3 is 26.2 Å². The van der Waals surface area contributed by atoms with Gasteiger partial charge in [0, 0.05) is 44.8 Å². The molecule has 0 radical (unpaired) electrons. The Morgan fingerprint density at radius 1 is 1.09 bits per heavy atom. The van der Waals surface area contributed by atoms with Gasteiger partial charge in [-0.3, -0.25) is 4.79 Å². The van der Waals surface area contributed by atoms with Crippen molar-refractivity contribution in [1.29, 1.82) is 0 Å². The summed E-state index contributed by atoms with van der Waals surface area (Å²) in [6, 6.07) is 8.83. The number of hydrogen-bond donors (Lipinski definition) is 3. The highest BCUT2D eigenvalue weighted by molar-refractivity contribution is 7.80. The number of amides is 3. The molecule has 1 aromatic carbocycles. The predicted molar refractivity (Wildman–Crippen MR) is 93.0 cm³/mol. The average molecular weight is 335 g/mol. The number of thiocarbonyl (C=S) groups is 1. The van der Waals surface area contributed by atoms with Crippen molar-refractivity contribution in [2.45, 2.75) is 6.42 Å². The minimum atomic E-state index is -0.317. The number of benzene rings is 1. The van der Waals surface area contributed by atoms with E-state index in [9.17, 15) is 9.59 Å².